The third-order valence-corrected chi connectivity index (χ3v) is 4.29. The summed E-state index contributed by atoms with van der Waals surface area (Å²) >= 11 is 5.95. The lowest BCUT2D eigenvalue weighted by Crippen LogP contribution is -2.41. The largest absolute Gasteiger partial charge is 0.481 e. The Morgan fingerprint density at radius 1 is 1.48 bits per heavy atom. The predicted molar refractivity (Wildman–Crippen MR) is 79.2 cm³/mol. The minimum atomic E-state index is -0.897. The molecular formula is C15H17ClN2O3. The molecule has 1 aromatic rings. The summed E-state index contributed by atoms with van der Waals surface area (Å²) in [4.78, 5) is 10.9. The molecule has 1 saturated carbocycles. The van der Waals surface area contributed by atoms with Gasteiger partial charge in [-0.3, -0.25) is 4.79 Å². The highest BCUT2D eigenvalue weighted by Gasteiger charge is 2.35. The van der Waals surface area contributed by atoms with Crippen LogP contribution in [-0.2, 0) is 4.79 Å². The van der Waals surface area contributed by atoms with Crippen LogP contribution in [0.15, 0.2) is 18.2 Å². The quantitative estimate of drug-likeness (QED) is 0.795. The van der Waals surface area contributed by atoms with Crippen LogP contribution in [0.2, 0.25) is 5.02 Å². The van der Waals surface area contributed by atoms with Gasteiger partial charge >= 0.3 is 5.97 Å². The molecule has 5 nitrogen and oxygen atoms in total. The molecule has 0 amide bonds. The molecule has 0 spiro atoms. The van der Waals surface area contributed by atoms with Crippen LogP contribution >= 0.6 is 11.6 Å². The fourth-order valence-electron chi connectivity index (χ4n) is 2.56. The number of anilines is 1. The highest BCUT2D eigenvalue weighted by Crippen LogP contribution is 2.32. The number of benzene rings is 1. The number of nitrogens with one attached hydrogen (secondary N) is 1. The highest BCUT2D eigenvalue weighted by atomic mass is 35.5. The van der Waals surface area contributed by atoms with Crippen molar-refractivity contribution in [1.82, 2.24) is 0 Å². The Kier molecular flexibility index (Phi) is 4.71. The minimum absolute atomic E-state index is 0.335. The van der Waals surface area contributed by atoms with Gasteiger partial charge in [0.05, 0.1) is 22.1 Å². The molecule has 1 aromatic carbocycles. The zero-order valence-corrected chi connectivity index (χ0v) is 12.2. The van der Waals surface area contributed by atoms with Gasteiger partial charge in [-0.05, 0) is 43.9 Å². The Hall–Kier alpha value is -1.77. The lowest BCUT2D eigenvalue weighted by Gasteiger charge is -2.35. The van der Waals surface area contributed by atoms with Crippen LogP contribution in [0.25, 0.3) is 0 Å². The van der Waals surface area contributed by atoms with Crippen molar-refractivity contribution in [3.8, 4) is 6.07 Å². The first-order chi connectivity index (χ1) is 9.93. The Labute approximate surface area is 128 Å². The molecule has 112 valence electrons. The smallest absolute Gasteiger partial charge is 0.306 e. The second-order valence-electron chi connectivity index (χ2n) is 5.50. The number of carboxylic acids is 1. The van der Waals surface area contributed by atoms with Gasteiger partial charge in [-0.25, -0.2) is 0 Å². The monoisotopic (exact) mass is 308 g/mol. The molecule has 0 aromatic heterocycles. The Balaban J connectivity index is 1.93. The molecule has 0 radical (unpaired) electrons. The van der Waals surface area contributed by atoms with Crippen molar-refractivity contribution in [2.75, 3.05) is 11.9 Å². The number of carboxylic acid groups (broad SMARTS) is 1. The molecule has 1 aliphatic rings. The maximum absolute atomic E-state index is 10.9. The summed E-state index contributed by atoms with van der Waals surface area (Å²) in [6.07, 6.45) is 1.89. The Bertz CT molecular complexity index is 575. The van der Waals surface area contributed by atoms with Crippen LogP contribution < -0.4 is 5.32 Å². The number of hydrogen-bond donors (Lipinski definition) is 3. The number of halogens is 1. The van der Waals surface area contributed by atoms with E-state index in [4.69, 9.17) is 22.0 Å². The topological polar surface area (TPSA) is 93.4 Å². The number of rotatable bonds is 4. The standard InChI is InChI=1S/C15H17ClN2O3/c16-13-7-12(2-1-11(13)8-17)18-9-15(21)5-3-10(4-6-15)14(19)20/h1-2,7,10,18,21H,3-6,9H2,(H,19,20). The predicted octanol–water partition coefficient (Wildman–Crippen LogP) is 2.63. The van der Waals surface area contributed by atoms with Gasteiger partial charge in [-0.2, -0.15) is 5.26 Å². The number of aliphatic hydroxyl groups is 1. The second-order valence-corrected chi connectivity index (χ2v) is 5.90. The molecule has 0 heterocycles. The van der Waals surface area contributed by atoms with E-state index >= 15 is 0 Å². The van der Waals surface area contributed by atoms with Crippen molar-refractivity contribution in [2.45, 2.75) is 31.3 Å². The summed E-state index contributed by atoms with van der Waals surface area (Å²) in [5.74, 6) is -1.14. The lowest BCUT2D eigenvalue weighted by molar-refractivity contribution is -0.144. The molecule has 0 unspecified atom stereocenters. The number of aliphatic carboxylic acids is 1. The highest BCUT2D eigenvalue weighted by molar-refractivity contribution is 6.32. The number of hydrogen-bond acceptors (Lipinski definition) is 4. The average Bonchev–Trinajstić information content (AvgIpc) is 2.46. The van der Waals surface area contributed by atoms with Gasteiger partial charge in [0.2, 0.25) is 0 Å². The SMILES string of the molecule is N#Cc1ccc(NCC2(O)CCC(C(=O)O)CC2)cc1Cl. The first-order valence-electron chi connectivity index (χ1n) is 6.82. The third-order valence-electron chi connectivity index (χ3n) is 3.98. The van der Waals surface area contributed by atoms with E-state index in [0.717, 1.165) is 5.69 Å². The van der Waals surface area contributed by atoms with Gasteiger partial charge in [0.1, 0.15) is 6.07 Å². The van der Waals surface area contributed by atoms with Gasteiger partial charge in [0.25, 0.3) is 0 Å². The molecule has 1 aliphatic carbocycles. The fourth-order valence-corrected chi connectivity index (χ4v) is 2.78. The zero-order chi connectivity index (χ0) is 15.5. The Morgan fingerprint density at radius 2 is 2.14 bits per heavy atom. The molecule has 0 atom stereocenters. The first kappa shape index (κ1) is 15.6. The maximum Gasteiger partial charge on any atom is 0.306 e. The van der Waals surface area contributed by atoms with Crippen molar-refractivity contribution in [3.63, 3.8) is 0 Å². The molecule has 21 heavy (non-hydrogen) atoms. The maximum atomic E-state index is 10.9. The molecule has 0 aliphatic heterocycles. The van der Waals surface area contributed by atoms with Gasteiger partial charge in [0.15, 0.2) is 0 Å². The summed E-state index contributed by atoms with van der Waals surface area (Å²) in [6, 6.07) is 6.99. The van der Waals surface area contributed by atoms with E-state index in [9.17, 15) is 9.90 Å². The van der Waals surface area contributed by atoms with Crippen LogP contribution in [0, 0.1) is 17.2 Å². The van der Waals surface area contributed by atoms with Crippen LogP contribution in [0.5, 0.6) is 0 Å². The van der Waals surface area contributed by atoms with Crippen LogP contribution in [0.1, 0.15) is 31.2 Å². The van der Waals surface area contributed by atoms with E-state index in [-0.39, 0.29) is 5.92 Å². The third kappa shape index (κ3) is 3.87. The summed E-state index contributed by atoms with van der Waals surface area (Å²) in [5.41, 5.74) is 0.238. The van der Waals surface area contributed by atoms with Gasteiger partial charge in [-0.15, -0.1) is 0 Å². The van der Waals surface area contributed by atoms with Crippen LogP contribution in [0.3, 0.4) is 0 Å². The summed E-state index contributed by atoms with van der Waals surface area (Å²) in [5, 5.41) is 31.7. The average molecular weight is 309 g/mol. The van der Waals surface area contributed by atoms with Crippen molar-refractivity contribution < 1.29 is 15.0 Å². The van der Waals surface area contributed by atoms with E-state index in [1.807, 2.05) is 6.07 Å². The van der Waals surface area contributed by atoms with E-state index in [0.29, 0.717) is 42.8 Å². The molecule has 1 fully saturated rings. The van der Waals surface area contributed by atoms with Gasteiger partial charge in [0, 0.05) is 12.2 Å². The molecule has 0 saturated heterocycles. The van der Waals surface area contributed by atoms with E-state index < -0.39 is 11.6 Å². The van der Waals surface area contributed by atoms with Crippen molar-refractivity contribution in [2.24, 2.45) is 5.92 Å². The number of carbonyl (C=O) groups is 1. The lowest BCUT2D eigenvalue weighted by atomic mass is 9.79. The van der Waals surface area contributed by atoms with E-state index in [1.54, 1.807) is 18.2 Å². The van der Waals surface area contributed by atoms with Crippen LogP contribution in [0.4, 0.5) is 5.69 Å². The molecule has 2 rings (SSSR count). The molecule has 6 heteroatoms. The Morgan fingerprint density at radius 3 is 2.67 bits per heavy atom. The van der Waals surface area contributed by atoms with Gasteiger partial charge < -0.3 is 15.5 Å². The van der Waals surface area contributed by atoms with E-state index in [2.05, 4.69) is 5.32 Å². The van der Waals surface area contributed by atoms with Gasteiger partial charge in [-0.1, -0.05) is 11.6 Å². The summed E-state index contributed by atoms with van der Waals surface area (Å²) in [6.45, 7) is 0.335. The van der Waals surface area contributed by atoms with Crippen molar-refractivity contribution >= 4 is 23.3 Å². The van der Waals surface area contributed by atoms with Crippen molar-refractivity contribution in [1.29, 1.82) is 5.26 Å². The number of nitriles is 1. The summed E-state index contributed by atoms with van der Waals surface area (Å²) < 4.78 is 0. The van der Waals surface area contributed by atoms with E-state index in [1.165, 1.54) is 0 Å². The fraction of sp³-hybridized carbons (Fsp3) is 0.467. The second kappa shape index (κ2) is 6.33. The summed E-state index contributed by atoms with van der Waals surface area (Å²) in [7, 11) is 0. The normalized spacial score (nSPS) is 25.1. The first-order valence-corrected chi connectivity index (χ1v) is 7.20. The molecular weight excluding hydrogens is 292 g/mol. The zero-order valence-electron chi connectivity index (χ0n) is 11.5. The number of nitrogens with zero attached hydrogens (tertiary/aromatic N) is 1. The minimum Gasteiger partial charge on any atom is -0.481 e. The van der Waals surface area contributed by atoms with Crippen LogP contribution in [-0.4, -0.2) is 28.3 Å². The molecule has 0 bridgehead atoms. The molecule has 3 N–H and O–H groups in total. The van der Waals surface area contributed by atoms with Crippen molar-refractivity contribution in [3.05, 3.63) is 28.8 Å².